The van der Waals surface area contributed by atoms with Gasteiger partial charge in [-0.15, -0.1) is 0 Å². The lowest BCUT2D eigenvalue weighted by Gasteiger charge is -2.14. The molecular weight excluding hydrogens is 261 g/mol. The molecule has 0 fully saturated rings. The van der Waals surface area contributed by atoms with E-state index in [9.17, 15) is 4.39 Å². The smallest absolute Gasteiger partial charge is 0.127 e. The summed E-state index contributed by atoms with van der Waals surface area (Å²) in [4.78, 5) is 0. The Morgan fingerprint density at radius 1 is 1.21 bits per heavy atom. The zero-order valence-corrected chi connectivity index (χ0v) is 11.3. The van der Waals surface area contributed by atoms with Crippen LogP contribution in [0.4, 0.5) is 4.39 Å². The minimum Gasteiger partial charge on any atom is -0.306 e. The van der Waals surface area contributed by atoms with Gasteiger partial charge in [-0.25, -0.2) is 4.39 Å². The highest BCUT2D eigenvalue weighted by atomic mass is 35.5. The number of aryl methyl sites for hydroxylation is 1. The monoisotopic (exact) mass is 275 g/mol. The summed E-state index contributed by atoms with van der Waals surface area (Å²) >= 11 is 5.99. The van der Waals surface area contributed by atoms with Crippen LogP contribution < -0.4 is 5.32 Å². The predicted molar refractivity (Wildman–Crippen MR) is 75.8 cm³/mol. The first-order valence-corrected chi connectivity index (χ1v) is 6.87. The number of rotatable bonds is 3. The third kappa shape index (κ3) is 2.65. The molecule has 0 spiro atoms. The second-order valence-corrected chi connectivity index (χ2v) is 5.34. The van der Waals surface area contributed by atoms with E-state index in [2.05, 4.69) is 11.4 Å². The van der Waals surface area contributed by atoms with Gasteiger partial charge >= 0.3 is 0 Å². The summed E-state index contributed by atoms with van der Waals surface area (Å²) < 4.78 is 13.6. The molecule has 1 N–H and O–H groups in total. The van der Waals surface area contributed by atoms with Crippen LogP contribution in [0.1, 0.15) is 29.2 Å². The van der Waals surface area contributed by atoms with Crippen molar-refractivity contribution in [2.75, 3.05) is 0 Å². The van der Waals surface area contributed by atoms with Gasteiger partial charge in [-0.3, -0.25) is 0 Å². The highest BCUT2D eigenvalue weighted by molar-refractivity contribution is 6.30. The van der Waals surface area contributed by atoms with Crippen molar-refractivity contribution in [3.63, 3.8) is 0 Å². The molecule has 3 rings (SSSR count). The van der Waals surface area contributed by atoms with Crippen molar-refractivity contribution in [2.45, 2.75) is 25.4 Å². The lowest BCUT2D eigenvalue weighted by Crippen LogP contribution is -2.19. The van der Waals surface area contributed by atoms with Gasteiger partial charge in [-0.05, 0) is 42.2 Å². The van der Waals surface area contributed by atoms with Crippen molar-refractivity contribution in [1.29, 1.82) is 0 Å². The summed E-state index contributed by atoms with van der Waals surface area (Å²) in [5.41, 5.74) is 3.31. The molecule has 0 heterocycles. The van der Waals surface area contributed by atoms with E-state index < -0.39 is 0 Å². The number of nitrogens with one attached hydrogen (secondary N) is 1. The maximum Gasteiger partial charge on any atom is 0.127 e. The minimum atomic E-state index is -0.149. The van der Waals surface area contributed by atoms with Crippen LogP contribution in [0.25, 0.3) is 0 Å². The quantitative estimate of drug-likeness (QED) is 0.883. The van der Waals surface area contributed by atoms with E-state index >= 15 is 0 Å². The highest BCUT2D eigenvalue weighted by Gasteiger charge is 2.22. The van der Waals surface area contributed by atoms with Crippen LogP contribution in [-0.4, -0.2) is 0 Å². The molecule has 3 heteroatoms. The van der Waals surface area contributed by atoms with Crippen molar-refractivity contribution in [3.05, 3.63) is 70.0 Å². The predicted octanol–water partition coefficient (Wildman–Crippen LogP) is 4.26. The first-order chi connectivity index (χ1) is 9.24. The van der Waals surface area contributed by atoms with E-state index in [0.717, 1.165) is 17.9 Å². The van der Waals surface area contributed by atoms with E-state index in [1.807, 2.05) is 24.3 Å². The number of halogens is 2. The van der Waals surface area contributed by atoms with Crippen molar-refractivity contribution >= 4 is 11.6 Å². The largest absolute Gasteiger partial charge is 0.306 e. The van der Waals surface area contributed by atoms with Crippen molar-refractivity contribution < 1.29 is 4.39 Å². The number of fused-ring (bicyclic) bond motifs is 1. The second kappa shape index (κ2) is 5.32. The first kappa shape index (κ1) is 12.6. The Morgan fingerprint density at radius 3 is 2.89 bits per heavy atom. The molecule has 1 aliphatic carbocycles. The fourth-order valence-corrected chi connectivity index (χ4v) is 2.87. The Bertz CT molecular complexity index is 597. The molecule has 0 radical (unpaired) electrons. The molecular formula is C16H15ClFN. The van der Waals surface area contributed by atoms with Crippen LogP contribution in [0.15, 0.2) is 42.5 Å². The molecule has 19 heavy (non-hydrogen) atoms. The Hall–Kier alpha value is -1.38. The molecule has 1 atom stereocenters. The SMILES string of the molecule is Fc1ccccc1CNC1CCc2cc(Cl)ccc21. The van der Waals surface area contributed by atoms with Gasteiger partial charge in [0.1, 0.15) is 5.82 Å². The third-order valence-electron chi connectivity index (χ3n) is 3.68. The number of hydrogen-bond donors (Lipinski definition) is 1. The number of benzene rings is 2. The van der Waals surface area contributed by atoms with Crippen LogP contribution in [0.3, 0.4) is 0 Å². The molecule has 0 aliphatic heterocycles. The Kier molecular flexibility index (Phi) is 3.54. The van der Waals surface area contributed by atoms with Crippen molar-refractivity contribution in [3.8, 4) is 0 Å². The van der Waals surface area contributed by atoms with Gasteiger partial charge in [-0.1, -0.05) is 35.9 Å². The fraction of sp³-hybridized carbons (Fsp3) is 0.250. The van der Waals surface area contributed by atoms with E-state index in [-0.39, 0.29) is 5.82 Å². The van der Waals surface area contributed by atoms with E-state index in [1.54, 1.807) is 6.07 Å². The molecule has 0 bridgehead atoms. The number of hydrogen-bond acceptors (Lipinski definition) is 1. The van der Waals surface area contributed by atoms with Crippen molar-refractivity contribution in [2.24, 2.45) is 0 Å². The Labute approximate surface area is 117 Å². The summed E-state index contributed by atoms with van der Waals surface area (Å²) in [7, 11) is 0. The van der Waals surface area contributed by atoms with Gasteiger partial charge in [-0.2, -0.15) is 0 Å². The maximum atomic E-state index is 13.6. The van der Waals surface area contributed by atoms with Gasteiger partial charge in [0.2, 0.25) is 0 Å². The van der Waals surface area contributed by atoms with Gasteiger partial charge < -0.3 is 5.32 Å². The van der Waals surface area contributed by atoms with Crippen LogP contribution in [0.5, 0.6) is 0 Å². The van der Waals surface area contributed by atoms with Crippen LogP contribution in [0.2, 0.25) is 5.02 Å². The average Bonchev–Trinajstić information content (AvgIpc) is 2.80. The van der Waals surface area contributed by atoms with Crippen LogP contribution in [-0.2, 0) is 13.0 Å². The maximum absolute atomic E-state index is 13.6. The molecule has 2 aromatic rings. The molecule has 2 aromatic carbocycles. The third-order valence-corrected chi connectivity index (χ3v) is 3.91. The van der Waals surface area contributed by atoms with Crippen LogP contribution in [0, 0.1) is 5.82 Å². The second-order valence-electron chi connectivity index (χ2n) is 4.91. The topological polar surface area (TPSA) is 12.0 Å². The summed E-state index contributed by atoms with van der Waals surface area (Å²) in [5, 5.41) is 4.22. The summed E-state index contributed by atoms with van der Waals surface area (Å²) in [6, 6.07) is 13.2. The molecule has 0 aromatic heterocycles. The van der Waals surface area contributed by atoms with Gasteiger partial charge in [0.25, 0.3) is 0 Å². The zero-order chi connectivity index (χ0) is 13.2. The molecule has 1 unspecified atom stereocenters. The minimum absolute atomic E-state index is 0.149. The van der Waals surface area contributed by atoms with Gasteiger partial charge in [0, 0.05) is 23.2 Å². The van der Waals surface area contributed by atoms with Gasteiger partial charge in [0.15, 0.2) is 0 Å². The first-order valence-electron chi connectivity index (χ1n) is 6.49. The molecule has 98 valence electrons. The highest BCUT2D eigenvalue weighted by Crippen LogP contribution is 2.33. The van der Waals surface area contributed by atoms with E-state index in [0.29, 0.717) is 18.2 Å². The lowest BCUT2D eigenvalue weighted by atomic mass is 10.1. The molecule has 0 amide bonds. The van der Waals surface area contributed by atoms with E-state index in [4.69, 9.17) is 11.6 Å². The Morgan fingerprint density at radius 2 is 2.05 bits per heavy atom. The standard InChI is InChI=1S/C16H15ClFN/c17-13-6-7-14-11(9-13)5-8-16(14)19-10-12-3-1-2-4-15(12)18/h1-4,6-7,9,16,19H,5,8,10H2. The van der Waals surface area contributed by atoms with Crippen molar-refractivity contribution in [1.82, 2.24) is 5.32 Å². The lowest BCUT2D eigenvalue weighted by molar-refractivity contribution is 0.513. The summed E-state index contributed by atoms with van der Waals surface area (Å²) in [6.07, 6.45) is 2.08. The fourth-order valence-electron chi connectivity index (χ4n) is 2.67. The van der Waals surface area contributed by atoms with Crippen LogP contribution >= 0.6 is 11.6 Å². The zero-order valence-electron chi connectivity index (χ0n) is 10.5. The summed E-state index contributed by atoms with van der Waals surface area (Å²) in [5.74, 6) is -0.149. The normalized spacial score (nSPS) is 17.5. The summed E-state index contributed by atoms with van der Waals surface area (Å²) in [6.45, 7) is 0.555. The molecule has 1 aliphatic rings. The van der Waals surface area contributed by atoms with Gasteiger partial charge in [0.05, 0.1) is 0 Å². The molecule has 1 nitrogen and oxygen atoms in total. The average molecular weight is 276 g/mol. The molecule has 0 saturated carbocycles. The van der Waals surface area contributed by atoms with E-state index in [1.165, 1.54) is 17.2 Å². The molecule has 0 saturated heterocycles. The Balaban J connectivity index is 1.72.